The first-order valence-electron chi connectivity index (χ1n) is 3.50. The number of nitrogen functional groups attached to an aromatic ring is 1. The highest BCUT2D eigenvalue weighted by atomic mass is 32.1. The maximum Gasteiger partial charge on any atom is 0.0920 e. The van der Waals surface area contributed by atoms with Gasteiger partial charge in [0.25, 0.3) is 0 Å². The number of hydrogen-bond acceptors (Lipinski definition) is 3. The van der Waals surface area contributed by atoms with Crippen LogP contribution in [0.5, 0.6) is 0 Å². The van der Waals surface area contributed by atoms with Crippen LogP contribution in [-0.4, -0.2) is 5.11 Å². The van der Waals surface area contributed by atoms with Gasteiger partial charge in [0.05, 0.1) is 10.6 Å². The second-order valence-corrected chi connectivity index (χ2v) is 4.48. The molecule has 11 heavy (non-hydrogen) atoms. The van der Waals surface area contributed by atoms with Gasteiger partial charge in [-0.05, 0) is 26.8 Å². The van der Waals surface area contributed by atoms with Gasteiger partial charge in [0.1, 0.15) is 0 Å². The molecular formula is C8H13NOS. The third kappa shape index (κ3) is 1.73. The summed E-state index contributed by atoms with van der Waals surface area (Å²) in [5, 5.41) is 10.3. The molecule has 3 heteroatoms. The zero-order valence-corrected chi connectivity index (χ0v) is 7.83. The van der Waals surface area contributed by atoms with Gasteiger partial charge in [-0.1, -0.05) is 0 Å². The summed E-state index contributed by atoms with van der Waals surface area (Å²) in [5.74, 6) is 0. The van der Waals surface area contributed by atoms with Gasteiger partial charge < -0.3 is 10.8 Å². The van der Waals surface area contributed by atoms with E-state index in [1.807, 2.05) is 13.0 Å². The summed E-state index contributed by atoms with van der Waals surface area (Å²) in [5.41, 5.74) is 5.71. The smallest absolute Gasteiger partial charge is 0.0920 e. The van der Waals surface area contributed by atoms with Crippen LogP contribution in [0.1, 0.15) is 24.3 Å². The number of anilines is 1. The number of aryl methyl sites for hydroxylation is 1. The Hall–Kier alpha value is -0.540. The largest absolute Gasteiger partial charge is 0.390 e. The van der Waals surface area contributed by atoms with Crippen molar-refractivity contribution in [2.75, 3.05) is 5.73 Å². The summed E-state index contributed by atoms with van der Waals surface area (Å²) in [6.45, 7) is 5.46. The lowest BCUT2D eigenvalue weighted by atomic mass is 10.0. The predicted octanol–water partition coefficient (Wildman–Crippen LogP) is 1.87. The highest BCUT2D eigenvalue weighted by Gasteiger charge is 2.20. The molecule has 0 radical (unpaired) electrons. The first-order chi connectivity index (χ1) is 4.91. The maximum atomic E-state index is 9.61. The molecule has 0 amide bonds. The molecule has 0 spiro atoms. The molecule has 3 N–H and O–H groups in total. The molecule has 0 aliphatic rings. The standard InChI is InChI=1S/C8H13NOS/c1-5-4-6(7(9)11-5)8(2,3)10/h4,10H,9H2,1-3H3. The summed E-state index contributed by atoms with van der Waals surface area (Å²) in [4.78, 5) is 1.14. The summed E-state index contributed by atoms with van der Waals surface area (Å²) < 4.78 is 0. The Morgan fingerprint density at radius 2 is 2.09 bits per heavy atom. The highest BCUT2D eigenvalue weighted by molar-refractivity contribution is 7.16. The van der Waals surface area contributed by atoms with Gasteiger partial charge in [-0.15, -0.1) is 11.3 Å². The second kappa shape index (κ2) is 2.50. The Morgan fingerprint density at radius 1 is 1.55 bits per heavy atom. The lowest BCUT2D eigenvalue weighted by Gasteiger charge is -2.16. The van der Waals surface area contributed by atoms with E-state index in [4.69, 9.17) is 5.73 Å². The molecule has 0 fully saturated rings. The fraction of sp³-hybridized carbons (Fsp3) is 0.500. The maximum absolute atomic E-state index is 9.61. The fourth-order valence-corrected chi connectivity index (χ4v) is 1.95. The first-order valence-corrected chi connectivity index (χ1v) is 4.31. The van der Waals surface area contributed by atoms with E-state index in [1.165, 1.54) is 11.3 Å². The van der Waals surface area contributed by atoms with Crippen LogP contribution in [-0.2, 0) is 5.60 Å². The molecule has 1 aromatic heterocycles. The fourth-order valence-electron chi connectivity index (χ4n) is 1.01. The van der Waals surface area contributed by atoms with Crippen LogP contribution in [0.15, 0.2) is 6.07 Å². The van der Waals surface area contributed by atoms with E-state index in [-0.39, 0.29) is 0 Å². The van der Waals surface area contributed by atoms with Crippen LogP contribution in [0.2, 0.25) is 0 Å². The monoisotopic (exact) mass is 171 g/mol. The predicted molar refractivity (Wildman–Crippen MR) is 48.7 cm³/mol. The minimum atomic E-state index is -0.811. The molecule has 0 aromatic carbocycles. The molecule has 0 unspecified atom stereocenters. The van der Waals surface area contributed by atoms with Crippen LogP contribution < -0.4 is 5.73 Å². The first kappa shape index (κ1) is 8.56. The Bertz CT molecular complexity index is 260. The molecule has 0 bridgehead atoms. The zero-order valence-electron chi connectivity index (χ0n) is 7.01. The van der Waals surface area contributed by atoms with Crippen LogP contribution >= 0.6 is 11.3 Å². The average Bonchev–Trinajstić information content (AvgIpc) is 2.08. The minimum Gasteiger partial charge on any atom is -0.390 e. The molecule has 1 aromatic rings. The average molecular weight is 171 g/mol. The molecule has 1 rings (SSSR count). The van der Waals surface area contributed by atoms with Crippen molar-refractivity contribution in [2.24, 2.45) is 0 Å². The number of nitrogens with two attached hydrogens (primary N) is 1. The molecule has 0 aliphatic heterocycles. The van der Waals surface area contributed by atoms with Gasteiger partial charge >= 0.3 is 0 Å². The van der Waals surface area contributed by atoms with Gasteiger partial charge in [-0.3, -0.25) is 0 Å². The number of thiophene rings is 1. The molecule has 0 saturated heterocycles. The van der Waals surface area contributed by atoms with Crippen molar-refractivity contribution < 1.29 is 5.11 Å². The number of rotatable bonds is 1. The molecule has 0 saturated carbocycles. The third-order valence-electron chi connectivity index (χ3n) is 1.54. The number of aliphatic hydroxyl groups is 1. The summed E-state index contributed by atoms with van der Waals surface area (Å²) >= 11 is 1.51. The highest BCUT2D eigenvalue weighted by Crippen LogP contribution is 2.32. The van der Waals surface area contributed by atoms with E-state index < -0.39 is 5.60 Å². The molecule has 0 atom stereocenters. The van der Waals surface area contributed by atoms with E-state index in [0.29, 0.717) is 0 Å². The van der Waals surface area contributed by atoms with Crippen LogP contribution in [0, 0.1) is 6.92 Å². The van der Waals surface area contributed by atoms with E-state index in [1.54, 1.807) is 13.8 Å². The molecule has 2 nitrogen and oxygen atoms in total. The van der Waals surface area contributed by atoms with Crippen molar-refractivity contribution >= 4 is 16.3 Å². The molecular weight excluding hydrogens is 158 g/mol. The van der Waals surface area contributed by atoms with Gasteiger partial charge in [0.15, 0.2) is 0 Å². The Labute approximate surface area is 70.7 Å². The second-order valence-electron chi connectivity index (χ2n) is 3.19. The van der Waals surface area contributed by atoms with Crippen molar-refractivity contribution in [3.8, 4) is 0 Å². The quantitative estimate of drug-likeness (QED) is 0.677. The Morgan fingerprint density at radius 3 is 2.27 bits per heavy atom. The van der Waals surface area contributed by atoms with E-state index in [9.17, 15) is 5.11 Å². The lowest BCUT2D eigenvalue weighted by molar-refractivity contribution is 0.0797. The van der Waals surface area contributed by atoms with Crippen molar-refractivity contribution in [3.05, 3.63) is 16.5 Å². The Kier molecular flexibility index (Phi) is 1.94. The topological polar surface area (TPSA) is 46.2 Å². The van der Waals surface area contributed by atoms with Gasteiger partial charge in [0, 0.05) is 10.4 Å². The van der Waals surface area contributed by atoms with E-state index >= 15 is 0 Å². The SMILES string of the molecule is Cc1cc(C(C)(C)O)c(N)s1. The Balaban J connectivity index is 3.13. The van der Waals surface area contributed by atoms with E-state index in [0.717, 1.165) is 15.4 Å². The summed E-state index contributed by atoms with van der Waals surface area (Å²) in [6.07, 6.45) is 0. The molecule has 1 heterocycles. The summed E-state index contributed by atoms with van der Waals surface area (Å²) in [7, 11) is 0. The third-order valence-corrected chi connectivity index (χ3v) is 2.42. The van der Waals surface area contributed by atoms with Gasteiger partial charge in [0.2, 0.25) is 0 Å². The van der Waals surface area contributed by atoms with Crippen LogP contribution in [0.4, 0.5) is 5.00 Å². The van der Waals surface area contributed by atoms with Crippen molar-refractivity contribution in [1.82, 2.24) is 0 Å². The minimum absolute atomic E-state index is 0.718. The van der Waals surface area contributed by atoms with Crippen LogP contribution in [0.25, 0.3) is 0 Å². The molecule has 62 valence electrons. The zero-order chi connectivity index (χ0) is 8.65. The normalized spacial score (nSPS) is 12.0. The van der Waals surface area contributed by atoms with Gasteiger partial charge in [-0.2, -0.15) is 0 Å². The summed E-state index contributed by atoms with van der Waals surface area (Å²) in [6, 6.07) is 1.93. The molecule has 0 aliphatic carbocycles. The number of hydrogen-bond donors (Lipinski definition) is 2. The lowest BCUT2D eigenvalue weighted by Crippen LogP contribution is -2.15. The van der Waals surface area contributed by atoms with Crippen molar-refractivity contribution in [1.29, 1.82) is 0 Å². The van der Waals surface area contributed by atoms with Crippen LogP contribution in [0.3, 0.4) is 0 Å². The van der Waals surface area contributed by atoms with Gasteiger partial charge in [-0.25, -0.2) is 0 Å². The van der Waals surface area contributed by atoms with E-state index in [2.05, 4.69) is 0 Å². The van der Waals surface area contributed by atoms with Crippen molar-refractivity contribution in [3.63, 3.8) is 0 Å². The van der Waals surface area contributed by atoms with Crippen molar-refractivity contribution in [2.45, 2.75) is 26.4 Å².